The van der Waals surface area contributed by atoms with Crippen LogP contribution in [0.1, 0.15) is 29.5 Å². The Morgan fingerprint density at radius 3 is 2.58 bits per heavy atom. The lowest BCUT2D eigenvalue weighted by Gasteiger charge is -2.05. The van der Waals surface area contributed by atoms with Crippen LogP contribution in [0.5, 0.6) is 5.75 Å². The molecular weight excluding hydrogens is 310 g/mol. The van der Waals surface area contributed by atoms with Crippen molar-refractivity contribution in [3.8, 4) is 5.75 Å². The maximum Gasteiger partial charge on any atom is 0.271 e. The van der Waals surface area contributed by atoms with Crippen molar-refractivity contribution in [3.05, 3.63) is 54.0 Å². The number of carbonyl (C=O) groups is 2. The van der Waals surface area contributed by atoms with Gasteiger partial charge < -0.3 is 14.5 Å². The average Bonchev–Trinajstić information content (AvgIpc) is 3.11. The Morgan fingerprint density at radius 2 is 1.96 bits per heavy atom. The Kier molecular flexibility index (Phi) is 6.13. The third kappa shape index (κ3) is 5.28. The lowest BCUT2D eigenvalue weighted by atomic mass is 10.2. The molecule has 7 heteroatoms. The van der Waals surface area contributed by atoms with Crippen LogP contribution in [0.3, 0.4) is 0 Å². The van der Waals surface area contributed by atoms with Gasteiger partial charge in [0.25, 0.3) is 5.91 Å². The second kappa shape index (κ2) is 8.52. The van der Waals surface area contributed by atoms with Gasteiger partial charge in [-0.1, -0.05) is 0 Å². The summed E-state index contributed by atoms with van der Waals surface area (Å²) in [6, 6.07) is 10.2. The molecule has 24 heavy (non-hydrogen) atoms. The van der Waals surface area contributed by atoms with E-state index in [0.29, 0.717) is 29.3 Å². The number of carbonyl (C=O) groups excluding carboxylic acids is 2. The molecule has 0 spiro atoms. The van der Waals surface area contributed by atoms with E-state index in [0.717, 1.165) is 0 Å². The molecule has 0 aliphatic carbocycles. The van der Waals surface area contributed by atoms with Gasteiger partial charge in [-0.15, -0.1) is 0 Å². The smallest absolute Gasteiger partial charge is 0.271 e. The molecule has 0 atom stereocenters. The topological polar surface area (TPSA) is 92.9 Å². The van der Waals surface area contributed by atoms with Crippen molar-refractivity contribution in [2.75, 3.05) is 7.11 Å². The fraction of sp³-hybridized carbons (Fsp3) is 0.235. The van der Waals surface area contributed by atoms with E-state index in [1.165, 1.54) is 0 Å². The van der Waals surface area contributed by atoms with Gasteiger partial charge in [0.2, 0.25) is 5.91 Å². The number of furan rings is 1. The van der Waals surface area contributed by atoms with Gasteiger partial charge in [0.05, 0.1) is 26.3 Å². The molecule has 0 bridgehead atoms. The molecule has 2 rings (SSSR count). The van der Waals surface area contributed by atoms with Crippen molar-refractivity contribution >= 4 is 17.5 Å². The zero-order valence-electron chi connectivity index (χ0n) is 13.5. The highest BCUT2D eigenvalue weighted by molar-refractivity contribution is 6.01. The predicted octanol–water partition coefficient (Wildman–Crippen LogP) is 2.10. The van der Waals surface area contributed by atoms with Crippen molar-refractivity contribution in [3.63, 3.8) is 0 Å². The summed E-state index contributed by atoms with van der Waals surface area (Å²) in [5.41, 5.74) is 3.37. The minimum atomic E-state index is -0.354. The molecule has 1 heterocycles. The number of amides is 2. The Morgan fingerprint density at radius 1 is 1.21 bits per heavy atom. The van der Waals surface area contributed by atoms with Crippen LogP contribution in [0, 0.1) is 0 Å². The van der Waals surface area contributed by atoms with Crippen molar-refractivity contribution in [2.45, 2.75) is 19.9 Å². The van der Waals surface area contributed by atoms with Crippen molar-refractivity contribution in [1.29, 1.82) is 0 Å². The molecule has 0 saturated heterocycles. The Bertz CT molecular complexity index is 706. The zero-order valence-corrected chi connectivity index (χ0v) is 13.5. The molecule has 2 N–H and O–H groups in total. The number of nitrogens with one attached hydrogen (secondary N) is 2. The lowest BCUT2D eigenvalue weighted by Crippen LogP contribution is -2.26. The highest BCUT2D eigenvalue weighted by atomic mass is 16.5. The molecule has 0 radical (unpaired) electrons. The summed E-state index contributed by atoms with van der Waals surface area (Å²) in [7, 11) is 1.56. The van der Waals surface area contributed by atoms with E-state index < -0.39 is 0 Å². The van der Waals surface area contributed by atoms with Crippen molar-refractivity contribution in [1.82, 2.24) is 10.7 Å². The van der Waals surface area contributed by atoms with Crippen LogP contribution in [0.25, 0.3) is 0 Å². The molecule has 1 aromatic carbocycles. The van der Waals surface area contributed by atoms with Gasteiger partial charge in [-0.25, -0.2) is 5.43 Å². The first-order chi connectivity index (χ1) is 11.6. The molecule has 126 valence electrons. The van der Waals surface area contributed by atoms with Crippen LogP contribution in [-0.4, -0.2) is 24.6 Å². The first-order valence-electron chi connectivity index (χ1n) is 7.35. The van der Waals surface area contributed by atoms with Gasteiger partial charge in [0.15, 0.2) is 0 Å². The van der Waals surface area contributed by atoms with E-state index in [2.05, 4.69) is 15.8 Å². The number of hydrogen-bond acceptors (Lipinski definition) is 5. The third-order valence-electron chi connectivity index (χ3n) is 3.16. The van der Waals surface area contributed by atoms with Gasteiger partial charge in [0, 0.05) is 11.3 Å². The number of rotatable bonds is 7. The Balaban J connectivity index is 1.79. The van der Waals surface area contributed by atoms with Crippen LogP contribution in [0.2, 0.25) is 0 Å². The standard InChI is InChI=1S/C17H19N3O4/c1-12(10-16(21)18-11-15-4-3-9-24-15)19-20-17(22)13-5-7-14(23-2)8-6-13/h3-9H,10-11H2,1-2H3,(H,18,21)(H,20,22)/b19-12-. The van der Waals surface area contributed by atoms with Crippen molar-refractivity contribution < 1.29 is 18.7 Å². The summed E-state index contributed by atoms with van der Waals surface area (Å²) in [4.78, 5) is 23.7. The molecule has 0 unspecified atom stereocenters. The van der Waals surface area contributed by atoms with Gasteiger partial charge in [0.1, 0.15) is 11.5 Å². The Hall–Kier alpha value is -3.09. The predicted molar refractivity (Wildman–Crippen MR) is 88.7 cm³/mol. The van der Waals surface area contributed by atoms with Gasteiger partial charge in [-0.3, -0.25) is 9.59 Å². The summed E-state index contributed by atoms with van der Waals surface area (Å²) in [6.07, 6.45) is 1.63. The molecule has 0 saturated carbocycles. The summed E-state index contributed by atoms with van der Waals surface area (Å²) >= 11 is 0. The number of nitrogens with zero attached hydrogens (tertiary/aromatic N) is 1. The van der Waals surface area contributed by atoms with Crippen LogP contribution < -0.4 is 15.5 Å². The first kappa shape index (κ1) is 17.3. The number of hydrogen-bond donors (Lipinski definition) is 2. The van der Waals surface area contributed by atoms with E-state index in [9.17, 15) is 9.59 Å². The lowest BCUT2D eigenvalue weighted by molar-refractivity contribution is -0.120. The van der Waals surface area contributed by atoms with E-state index in [-0.39, 0.29) is 18.2 Å². The summed E-state index contributed by atoms with van der Waals surface area (Å²) in [5.74, 6) is 0.782. The van der Waals surface area contributed by atoms with E-state index in [1.54, 1.807) is 56.7 Å². The Labute approximate surface area is 139 Å². The van der Waals surface area contributed by atoms with Crippen LogP contribution >= 0.6 is 0 Å². The van der Waals surface area contributed by atoms with Gasteiger partial charge in [-0.05, 0) is 43.3 Å². The fourth-order valence-electron chi connectivity index (χ4n) is 1.89. The van der Waals surface area contributed by atoms with Crippen LogP contribution in [-0.2, 0) is 11.3 Å². The van der Waals surface area contributed by atoms with E-state index in [4.69, 9.17) is 9.15 Å². The summed E-state index contributed by atoms with van der Waals surface area (Å²) in [6.45, 7) is 1.98. The van der Waals surface area contributed by atoms with E-state index >= 15 is 0 Å². The largest absolute Gasteiger partial charge is 0.497 e. The molecule has 0 aliphatic rings. The molecule has 7 nitrogen and oxygen atoms in total. The van der Waals surface area contributed by atoms with E-state index in [1.807, 2.05) is 0 Å². The first-order valence-corrected chi connectivity index (χ1v) is 7.35. The summed E-state index contributed by atoms with van der Waals surface area (Å²) < 4.78 is 10.2. The maximum atomic E-state index is 11.9. The number of methoxy groups -OCH3 is 1. The minimum absolute atomic E-state index is 0.0869. The second-order valence-corrected chi connectivity index (χ2v) is 5.05. The number of benzene rings is 1. The monoisotopic (exact) mass is 329 g/mol. The third-order valence-corrected chi connectivity index (χ3v) is 3.16. The number of hydrazone groups is 1. The van der Waals surface area contributed by atoms with Crippen molar-refractivity contribution in [2.24, 2.45) is 5.10 Å². The maximum absolute atomic E-state index is 11.9. The number of ether oxygens (including phenoxy) is 1. The highest BCUT2D eigenvalue weighted by Crippen LogP contribution is 2.11. The second-order valence-electron chi connectivity index (χ2n) is 5.05. The summed E-state index contributed by atoms with van der Waals surface area (Å²) in [5, 5.41) is 6.64. The molecular formula is C17H19N3O4. The quantitative estimate of drug-likeness (QED) is 0.601. The minimum Gasteiger partial charge on any atom is -0.497 e. The normalized spacial score (nSPS) is 11.0. The molecule has 1 aromatic heterocycles. The average molecular weight is 329 g/mol. The molecule has 0 aliphatic heterocycles. The van der Waals surface area contributed by atoms with Gasteiger partial charge >= 0.3 is 0 Å². The van der Waals surface area contributed by atoms with Gasteiger partial charge in [-0.2, -0.15) is 5.10 Å². The molecule has 0 fully saturated rings. The fourth-order valence-corrected chi connectivity index (χ4v) is 1.89. The van der Waals surface area contributed by atoms with Crippen LogP contribution in [0.4, 0.5) is 0 Å². The SMILES string of the molecule is COc1ccc(C(=O)N/N=C(/C)CC(=O)NCc2ccco2)cc1. The van der Waals surface area contributed by atoms with Crippen LogP contribution in [0.15, 0.2) is 52.2 Å². The molecule has 2 aromatic rings. The molecule has 2 amide bonds. The highest BCUT2D eigenvalue weighted by Gasteiger charge is 2.07. The zero-order chi connectivity index (χ0) is 17.4.